The Labute approximate surface area is 93.3 Å². The summed E-state index contributed by atoms with van der Waals surface area (Å²) in [6.45, 7) is 8.26. The Morgan fingerprint density at radius 3 is 2.40 bits per heavy atom. The number of aliphatic hydroxyl groups is 1. The zero-order valence-corrected chi connectivity index (χ0v) is 10.4. The summed E-state index contributed by atoms with van der Waals surface area (Å²) < 4.78 is 0. The predicted octanol–water partition coefficient (Wildman–Crippen LogP) is 3.26. The first-order valence-electron chi connectivity index (χ1n) is 5.92. The Morgan fingerprint density at radius 2 is 2.00 bits per heavy atom. The zero-order chi connectivity index (χ0) is 11.7. The number of nitrogens with zero attached hydrogens (tertiary/aromatic N) is 1. The van der Waals surface area contributed by atoms with Gasteiger partial charge >= 0.3 is 0 Å². The molecule has 0 heterocycles. The van der Waals surface area contributed by atoms with Gasteiger partial charge in [-0.15, -0.1) is 0 Å². The molecule has 1 rings (SSSR count). The first kappa shape index (κ1) is 12.5. The van der Waals surface area contributed by atoms with Crippen LogP contribution in [0, 0.1) is 22.2 Å². The summed E-state index contributed by atoms with van der Waals surface area (Å²) in [5, 5.41) is 20.0. The Balaban J connectivity index is 2.96. The van der Waals surface area contributed by atoms with E-state index in [0.29, 0.717) is 0 Å². The van der Waals surface area contributed by atoms with Gasteiger partial charge in [0.1, 0.15) is 0 Å². The van der Waals surface area contributed by atoms with Crippen molar-refractivity contribution in [2.24, 2.45) is 10.8 Å². The minimum atomic E-state index is -0.793. The lowest BCUT2D eigenvalue weighted by Crippen LogP contribution is -2.50. The molecular weight excluding hydrogens is 186 g/mol. The first-order valence-corrected chi connectivity index (χ1v) is 5.92. The van der Waals surface area contributed by atoms with Gasteiger partial charge in [-0.05, 0) is 38.0 Å². The van der Waals surface area contributed by atoms with E-state index >= 15 is 0 Å². The molecule has 0 radical (unpaired) electrons. The van der Waals surface area contributed by atoms with Crippen LogP contribution < -0.4 is 0 Å². The summed E-state index contributed by atoms with van der Waals surface area (Å²) in [6.07, 6.45) is 4.42. The predicted molar refractivity (Wildman–Crippen MR) is 61.2 cm³/mol. The van der Waals surface area contributed by atoms with Crippen LogP contribution in [0.25, 0.3) is 0 Å². The van der Waals surface area contributed by atoms with E-state index in [1.807, 2.05) is 13.8 Å². The van der Waals surface area contributed by atoms with Gasteiger partial charge in [-0.1, -0.05) is 27.2 Å². The molecule has 1 fully saturated rings. The van der Waals surface area contributed by atoms with Crippen LogP contribution in [0.1, 0.15) is 59.8 Å². The fourth-order valence-electron chi connectivity index (χ4n) is 2.81. The smallest absolute Gasteiger partial charge is 0.0835 e. The maximum atomic E-state index is 10.7. The molecule has 0 amide bonds. The molecule has 0 bridgehead atoms. The fraction of sp³-hybridized carbons (Fsp3) is 0.923. The SMILES string of the molecule is CCC(C)(C#N)C1(O)CCCC(C)(C)C1. The molecule has 2 heteroatoms. The van der Waals surface area contributed by atoms with Gasteiger partial charge in [0.2, 0.25) is 0 Å². The fourth-order valence-corrected chi connectivity index (χ4v) is 2.81. The van der Waals surface area contributed by atoms with Gasteiger partial charge in [0.25, 0.3) is 0 Å². The maximum Gasteiger partial charge on any atom is 0.0835 e. The normalized spacial score (nSPS) is 34.1. The van der Waals surface area contributed by atoms with E-state index in [1.54, 1.807) is 0 Å². The van der Waals surface area contributed by atoms with Crippen molar-refractivity contribution in [3.05, 3.63) is 0 Å². The van der Waals surface area contributed by atoms with Gasteiger partial charge in [-0.3, -0.25) is 0 Å². The standard InChI is InChI=1S/C13H23NO/c1-5-12(4,10-14)13(15)8-6-7-11(2,3)9-13/h15H,5-9H2,1-4H3. The third-order valence-corrected chi connectivity index (χ3v) is 4.20. The third kappa shape index (κ3) is 2.18. The lowest BCUT2D eigenvalue weighted by Gasteiger charge is -2.48. The number of nitriles is 1. The van der Waals surface area contributed by atoms with Crippen molar-refractivity contribution in [2.45, 2.75) is 65.4 Å². The quantitative estimate of drug-likeness (QED) is 0.758. The molecule has 1 N–H and O–H groups in total. The highest BCUT2D eigenvalue weighted by Gasteiger charge is 2.50. The van der Waals surface area contributed by atoms with E-state index in [1.165, 1.54) is 0 Å². The van der Waals surface area contributed by atoms with Crippen molar-refractivity contribution >= 4 is 0 Å². The average Bonchev–Trinajstić information content (AvgIpc) is 2.14. The van der Waals surface area contributed by atoms with Crippen molar-refractivity contribution < 1.29 is 5.11 Å². The lowest BCUT2D eigenvalue weighted by molar-refractivity contribution is -0.107. The Hall–Kier alpha value is -0.550. The van der Waals surface area contributed by atoms with E-state index in [-0.39, 0.29) is 5.41 Å². The molecule has 1 aliphatic carbocycles. The van der Waals surface area contributed by atoms with Crippen LogP contribution in [-0.4, -0.2) is 10.7 Å². The van der Waals surface area contributed by atoms with Crippen molar-refractivity contribution in [3.63, 3.8) is 0 Å². The molecule has 0 aromatic carbocycles. The van der Waals surface area contributed by atoms with Crippen LogP contribution >= 0.6 is 0 Å². The summed E-state index contributed by atoms with van der Waals surface area (Å²) in [7, 11) is 0. The van der Waals surface area contributed by atoms with E-state index in [2.05, 4.69) is 19.9 Å². The Bertz CT molecular complexity index is 279. The van der Waals surface area contributed by atoms with Gasteiger partial charge in [-0.25, -0.2) is 0 Å². The van der Waals surface area contributed by atoms with Crippen LogP contribution in [-0.2, 0) is 0 Å². The third-order valence-electron chi connectivity index (χ3n) is 4.20. The summed E-state index contributed by atoms with van der Waals surface area (Å²) in [4.78, 5) is 0. The second-order valence-corrected chi connectivity index (χ2v) is 6.02. The summed E-state index contributed by atoms with van der Waals surface area (Å²) in [5.41, 5.74) is -1.22. The van der Waals surface area contributed by atoms with Gasteiger partial charge in [0.05, 0.1) is 17.1 Å². The van der Waals surface area contributed by atoms with Crippen LogP contribution in [0.15, 0.2) is 0 Å². The monoisotopic (exact) mass is 209 g/mol. The molecule has 1 aliphatic rings. The van der Waals surface area contributed by atoms with Crippen molar-refractivity contribution in [1.82, 2.24) is 0 Å². The molecule has 86 valence electrons. The Kier molecular flexibility index (Phi) is 3.16. The second kappa shape index (κ2) is 3.79. The van der Waals surface area contributed by atoms with Gasteiger partial charge in [-0.2, -0.15) is 5.26 Å². The molecule has 2 atom stereocenters. The summed E-state index contributed by atoms with van der Waals surface area (Å²) in [6, 6.07) is 2.33. The lowest BCUT2D eigenvalue weighted by atomic mass is 9.59. The highest BCUT2D eigenvalue weighted by molar-refractivity contribution is 5.11. The van der Waals surface area contributed by atoms with Crippen LogP contribution in [0.5, 0.6) is 0 Å². The van der Waals surface area contributed by atoms with Gasteiger partial charge in [0, 0.05) is 0 Å². The molecule has 15 heavy (non-hydrogen) atoms. The maximum absolute atomic E-state index is 10.7. The van der Waals surface area contributed by atoms with E-state index in [4.69, 9.17) is 0 Å². The van der Waals surface area contributed by atoms with Gasteiger partial charge < -0.3 is 5.11 Å². The molecule has 0 spiro atoms. The molecule has 2 nitrogen and oxygen atoms in total. The topological polar surface area (TPSA) is 44.0 Å². The molecule has 1 saturated carbocycles. The van der Waals surface area contributed by atoms with Crippen LogP contribution in [0.2, 0.25) is 0 Å². The first-order chi connectivity index (χ1) is 6.79. The number of hydrogen-bond acceptors (Lipinski definition) is 2. The second-order valence-electron chi connectivity index (χ2n) is 6.02. The van der Waals surface area contributed by atoms with Crippen molar-refractivity contribution in [3.8, 4) is 6.07 Å². The number of rotatable bonds is 2. The highest BCUT2D eigenvalue weighted by atomic mass is 16.3. The molecular formula is C13H23NO. The summed E-state index contributed by atoms with van der Waals surface area (Å²) >= 11 is 0. The minimum absolute atomic E-state index is 0.167. The molecule has 0 aliphatic heterocycles. The van der Waals surface area contributed by atoms with Crippen LogP contribution in [0.3, 0.4) is 0 Å². The molecule has 0 aromatic rings. The van der Waals surface area contributed by atoms with Crippen molar-refractivity contribution in [1.29, 1.82) is 5.26 Å². The highest BCUT2D eigenvalue weighted by Crippen LogP contribution is 2.50. The minimum Gasteiger partial charge on any atom is -0.388 e. The Morgan fingerprint density at radius 1 is 1.40 bits per heavy atom. The largest absolute Gasteiger partial charge is 0.388 e. The van der Waals surface area contributed by atoms with Gasteiger partial charge in [0.15, 0.2) is 0 Å². The van der Waals surface area contributed by atoms with E-state index in [9.17, 15) is 10.4 Å². The summed E-state index contributed by atoms with van der Waals surface area (Å²) in [5.74, 6) is 0. The number of hydrogen-bond donors (Lipinski definition) is 1. The molecule has 0 saturated heterocycles. The van der Waals surface area contributed by atoms with Crippen LogP contribution in [0.4, 0.5) is 0 Å². The average molecular weight is 209 g/mol. The molecule has 0 aromatic heterocycles. The zero-order valence-electron chi connectivity index (χ0n) is 10.4. The van der Waals surface area contributed by atoms with E-state index in [0.717, 1.165) is 32.1 Å². The molecule has 2 unspecified atom stereocenters. The van der Waals surface area contributed by atoms with Crippen molar-refractivity contribution in [2.75, 3.05) is 0 Å². The van der Waals surface area contributed by atoms with E-state index < -0.39 is 11.0 Å².